The Morgan fingerprint density at radius 2 is 1.81 bits per heavy atom. The third-order valence-corrected chi connectivity index (χ3v) is 6.95. The predicted octanol–water partition coefficient (Wildman–Crippen LogP) is 4.38. The second-order valence-corrected chi connectivity index (χ2v) is 10.2. The smallest absolute Gasteiger partial charge is 0.289 e. The summed E-state index contributed by atoms with van der Waals surface area (Å²) in [6.07, 6.45) is 4.27. The number of nitrogens with one attached hydrogen (secondary N) is 1. The highest BCUT2D eigenvalue weighted by Gasteiger charge is 2.40. The maximum Gasteiger partial charge on any atom is 0.289 e. The Morgan fingerprint density at radius 1 is 1.00 bits per heavy atom. The Hall–Kier alpha value is -3.71. The van der Waals surface area contributed by atoms with Crippen LogP contribution in [0.2, 0.25) is 5.02 Å². The Labute approximate surface area is 215 Å². The van der Waals surface area contributed by atoms with Crippen LogP contribution < -0.4 is 5.32 Å². The molecule has 7 nitrogen and oxygen atoms in total. The predicted molar refractivity (Wildman–Crippen MR) is 143 cm³/mol. The molecule has 3 aromatic rings. The number of benzene rings is 2. The summed E-state index contributed by atoms with van der Waals surface area (Å²) in [5.74, 6) is 0.0237. The Balaban J connectivity index is 1.28. The summed E-state index contributed by atoms with van der Waals surface area (Å²) in [6, 6.07) is 17.3. The highest BCUT2D eigenvalue weighted by Crippen LogP contribution is 2.25. The van der Waals surface area contributed by atoms with Crippen LogP contribution in [0.15, 0.2) is 72.0 Å². The highest BCUT2D eigenvalue weighted by molar-refractivity contribution is 6.38. The Bertz CT molecular complexity index is 1400. The zero-order chi connectivity index (χ0) is 25.3. The molecule has 1 N–H and O–H groups in total. The van der Waals surface area contributed by atoms with E-state index in [1.54, 1.807) is 16.0 Å². The van der Waals surface area contributed by atoms with Gasteiger partial charge in [0.25, 0.3) is 11.8 Å². The van der Waals surface area contributed by atoms with Crippen LogP contribution in [0.5, 0.6) is 0 Å². The van der Waals surface area contributed by atoms with Crippen LogP contribution in [-0.4, -0.2) is 64.2 Å². The molecule has 1 aromatic heterocycles. The number of hydrogen-bond acceptors (Lipinski definition) is 5. The third-order valence-electron chi connectivity index (χ3n) is 6.72. The van der Waals surface area contributed by atoms with Crippen LogP contribution in [0.1, 0.15) is 36.3 Å². The molecule has 36 heavy (non-hydrogen) atoms. The molecule has 0 aliphatic carbocycles. The molecule has 1 fully saturated rings. The fraction of sp³-hybridized carbons (Fsp3) is 0.286. The van der Waals surface area contributed by atoms with Gasteiger partial charge in [0.15, 0.2) is 5.84 Å². The summed E-state index contributed by atoms with van der Waals surface area (Å²) in [4.78, 5) is 39.2. The van der Waals surface area contributed by atoms with Crippen molar-refractivity contribution < 1.29 is 9.59 Å². The average molecular weight is 502 g/mol. The molecular formula is C28H28ClN5O2. The van der Waals surface area contributed by atoms with Gasteiger partial charge in [-0.15, -0.1) is 0 Å². The number of halogens is 1. The van der Waals surface area contributed by atoms with Crippen molar-refractivity contribution in [3.63, 3.8) is 0 Å². The number of pyridine rings is 1. The van der Waals surface area contributed by atoms with Crippen molar-refractivity contribution in [2.75, 3.05) is 26.2 Å². The first-order valence-corrected chi connectivity index (χ1v) is 12.4. The second-order valence-electron chi connectivity index (χ2n) is 9.72. The van der Waals surface area contributed by atoms with Crippen LogP contribution in [0.25, 0.3) is 16.3 Å². The average Bonchev–Trinajstić information content (AvgIpc) is 3.13. The number of carbonyl (C=O) groups excluding carboxylic acids is 2. The molecule has 3 heterocycles. The minimum atomic E-state index is -0.572. The van der Waals surface area contributed by atoms with E-state index in [0.717, 1.165) is 21.9 Å². The van der Waals surface area contributed by atoms with Gasteiger partial charge in [0.2, 0.25) is 0 Å². The molecule has 2 amide bonds. The topological polar surface area (TPSA) is 77.9 Å². The molecule has 0 unspecified atom stereocenters. The molecular weight excluding hydrogens is 474 g/mol. The number of amidine groups is 1. The van der Waals surface area contributed by atoms with E-state index in [-0.39, 0.29) is 11.8 Å². The lowest BCUT2D eigenvalue weighted by Crippen LogP contribution is -2.64. The third kappa shape index (κ3) is 4.84. The lowest BCUT2D eigenvalue weighted by atomic mass is 9.98. The summed E-state index contributed by atoms with van der Waals surface area (Å²) in [5, 5.41) is 5.77. The van der Waals surface area contributed by atoms with E-state index in [1.165, 1.54) is 0 Å². The first-order valence-electron chi connectivity index (χ1n) is 12.0. The number of nitrogens with zero attached hydrogens (tertiary/aromatic N) is 4. The van der Waals surface area contributed by atoms with Gasteiger partial charge < -0.3 is 15.1 Å². The van der Waals surface area contributed by atoms with Gasteiger partial charge in [-0.1, -0.05) is 48.0 Å². The van der Waals surface area contributed by atoms with E-state index in [1.807, 2.05) is 74.6 Å². The molecule has 0 atom stereocenters. The molecule has 5 rings (SSSR count). The number of carbonyl (C=O) groups is 2. The largest absolute Gasteiger partial charge is 0.342 e. The van der Waals surface area contributed by atoms with E-state index >= 15 is 0 Å². The molecule has 0 saturated carbocycles. The van der Waals surface area contributed by atoms with Crippen LogP contribution in [0, 0.1) is 0 Å². The quantitative estimate of drug-likeness (QED) is 0.577. The van der Waals surface area contributed by atoms with Gasteiger partial charge in [0, 0.05) is 49.0 Å². The SMILES string of the molecule is CC1(C)CN(C(=O)c2cc3ccccc3cn2)CCN1C(=O)C1=NCCC(c2cccc(Cl)c2)=CN1. The first-order chi connectivity index (χ1) is 17.3. The van der Waals surface area contributed by atoms with E-state index in [9.17, 15) is 9.59 Å². The molecule has 2 aliphatic rings. The van der Waals surface area contributed by atoms with Crippen LogP contribution >= 0.6 is 11.6 Å². The Kier molecular flexibility index (Phi) is 6.49. The highest BCUT2D eigenvalue weighted by atomic mass is 35.5. The van der Waals surface area contributed by atoms with Crippen LogP contribution in [-0.2, 0) is 4.79 Å². The van der Waals surface area contributed by atoms with Gasteiger partial charge in [0.1, 0.15) is 5.69 Å². The van der Waals surface area contributed by atoms with Crippen molar-refractivity contribution in [2.24, 2.45) is 4.99 Å². The Morgan fingerprint density at radius 3 is 2.58 bits per heavy atom. The van der Waals surface area contributed by atoms with Crippen LogP contribution in [0.3, 0.4) is 0 Å². The number of amides is 2. The number of aliphatic imine (C=N–C) groups is 1. The molecule has 0 radical (unpaired) electrons. The molecule has 8 heteroatoms. The fourth-order valence-corrected chi connectivity index (χ4v) is 4.99. The zero-order valence-electron chi connectivity index (χ0n) is 20.4. The summed E-state index contributed by atoms with van der Waals surface area (Å²) < 4.78 is 0. The lowest BCUT2D eigenvalue weighted by molar-refractivity contribution is -0.132. The summed E-state index contributed by atoms with van der Waals surface area (Å²) in [7, 11) is 0. The van der Waals surface area contributed by atoms with Crippen molar-refractivity contribution in [3.05, 3.63) is 83.3 Å². The minimum absolute atomic E-state index is 0.125. The van der Waals surface area contributed by atoms with Crippen molar-refractivity contribution in [3.8, 4) is 0 Å². The first kappa shape index (κ1) is 24.0. The van der Waals surface area contributed by atoms with Gasteiger partial charge in [0.05, 0.1) is 5.54 Å². The summed E-state index contributed by atoms with van der Waals surface area (Å²) >= 11 is 6.15. The number of aromatic nitrogens is 1. The van der Waals surface area contributed by atoms with E-state index < -0.39 is 5.54 Å². The van der Waals surface area contributed by atoms with E-state index in [2.05, 4.69) is 15.3 Å². The van der Waals surface area contributed by atoms with Gasteiger partial charge in [-0.2, -0.15) is 0 Å². The van der Waals surface area contributed by atoms with Gasteiger partial charge in [-0.05, 0) is 55.0 Å². The number of piperazine rings is 1. The number of fused-ring (bicyclic) bond motifs is 1. The van der Waals surface area contributed by atoms with Crippen molar-refractivity contribution in [2.45, 2.75) is 25.8 Å². The minimum Gasteiger partial charge on any atom is -0.342 e. The lowest BCUT2D eigenvalue weighted by Gasteiger charge is -2.47. The van der Waals surface area contributed by atoms with Gasteiger partial charge in [-0.3, -0.25) is 19.6 Å². The maximum atomic E-state index is 13.5. The molecule has 184 valence electrons. The van der Waals surface area contributed by atoms with E-state index in [0.29, 0.717) is 49.2 Å². The van der Waals surface area contributed by atoms with Crippen LogP contribution in [0.4, 0.5) is 0 Å². The van der Waals surface area contributed by atoms with Gasteiger partial charge in [-0.25, -0.2) is 0 Å². The second kappa shape index (κ2) is 9.74. The monoisotopic (exact) mass is 501 g/mol. The van der Waals surface area contributed by atoms with Gasteiger partial charge >= 0.3 is 0 Å². The van der Waals surface area contributed by atoms with Crippen molar-refractivity contribution in [1.82, 2.24) is 20.1 Å². The number of hydrogen-bond donors (Lipinski definition) is 1. The standard InChI is InChI=1S/C28H28ClN5O2/c1-28(2)18-33(26(35)24-15-20-6-3-4-7-21(20)16-31-24)12-13-34(28)27(36)25-30-11-10-22(17-32-25)19-8-5-9-23(29)14-19/h3-9,14-17H,10-13,18H2,1-2H3,(H,30,32). The summed E-state index contributed by atoms with van der Waals surface area (Å²) in [5.41, 5.74) is 1.89. The molecule has 2 aliphatic heterocycles. The zero-order valence-corrected chi connectivity index (χ0v) is 21.1. The number of rotatable bonds is 3. The molecule has 2 aromatic carbocycles. The summed E-state index contributed by atoms with van der Waals surface area (Å²) in [6.45, 7) is 5.70. The van der Waals surface area contributed by atoms with E-state index in [4.69, 9.17) is 11.6 Å². The normalized spacial score (nSPS) is 17.6. The molecule has 0 bridgehead atoms. The molecule has 0 spiro atoms. The van der Waals surface area contributed by atoms with Crippen molar-refractivity contribution >= 4 is 45.6 Å². The fourth-order valence-electron chi connectivity index (χ4n) is 4.80. The van der Waals surface area contributed by atoms with Crippen molar-refractivity contribution in [1.29, 1.82) is 0 Å². The maximum absolute atomic E-state index is 13.5. The molecule has 1 saturated heterocycles.